The van der Waals surface area contributed by atoms with Crippen LogP contribution in [0, 0.1) is 5.92 Å². The standard InChI is InChI=1S/C24H24Cl2N4O5S2/c25-19-7-6-18(22(26)14-19)16-36(32,33)30-13-3-4-17(15-30)24(31)28-20-8-10-21(11-9-20)37(34,35)29-23-5-1-2-12-27-23/h1-2,5-12,14,17H,3-4,13,15-16H2,(H,27,29)(H,28,31)/t17-/m0/s1. The van der Waals surface area contributed by atoms with Crippen molar-refractivity contribution < 1.29 is 21.6 Å². The number of aromatic nitrogens is 1. The van der Waals surface area contributed by atoms with Crippen molar-refractivity contribution in [3.63, 3.8) is 0 Å². The highest BCUT2D eigenvalue weighted by Crippen LogP contribution is 2.27. The van der Waals surface area contributed by atoms with Gasteiger partial charge in [0, 0.05) is 35.0 Å². The fourth-order valence-corrected chi connectivity index (χ4v) is 7.12. The van der Waals surface area contributed by atoms with Gasteiger partial charge in [0.05, 0.1) is 16.6 Å². The molecule has 3 aromatic rings. The van der Waals surface area contributed by atoms with E-state index in [-0.39, 0.29) is 33.9 Å². The van der Waals surface area contributed by atoms with Gasteiger partial charge in [0.2, 0.25) is 15.9 Å². The third kappa shape index (κ3) is 6.99. The van der Waals surface area contributed by atoms with E-state index in [0.29, 0.717) is 35.7 Å². The van der Waals surface area contributed by atoms with E-state index in [4.69, 9.17) is 23.2 Å². The van der Waals surface area contributed by atoms with E-state index in [2.05, 4.69) is 15.0 Å². The summed E-state index contributed by atoms with van der Waals surface area (Å²) in [4.78, 5) is 16.9. The fourth-order valence-electron chi connectivity index (χ4n) is 3.92. The number of halogens is 2. The lowest BCUT2D eigenvalue weighted by molar-refractivity contribution is -0.120. The number of nitrogens with one attached hydrogen (secondary N) is 2. The molecule has 0 aliphatic carbocycles. The fraction of sp³-hybridized carbons (Fsp3) is 0.250. The summed E-state index contributed by atoms with van der Waals surface area (Å²) >= 11 is 12.0. The lowest BCUT2D eigenvalue weighted by Gasteiger charge is -2.31. The third-order valence-corrected chi connectivity index (χ3v) is 9.59. The summed E-state index contributed by atoms with van der Waals surface area (Å²) in [5, 5.41) is 3.43. The summed E-state index contributed by atoms with van der Waals surface area (Å²) in [5.74, 6) is -1.00. The Balaban J connectivity index is 1.38. The molecule has 0 bridgehead atoms. The maximum absolute atomic E-state index is 13.0. The Morgan fingerprint density at radius 3 is 2.46 bits per heavy atom. The molecule has 0 radical (unpaired) electrons. The first-order valence-electron chi connectivity index (χ1n) is 11.3. The van der Waals surface area contributed by atoms with Crippen LogP contribution in [0.1, 0.15) is 18.4 Å². The molecule has 1 aliphatic rings. The molecule has 1 amide bonds. The highest BCUT2D eigenvalue weighted by Gasteiger charge is 2.33. The maximum atomic E-state index is 13.0. The van der Waals surface area contributed by atoms with Crippen LogP contribution in [0.3, 0.4) is 0 Å². The van der Waals surface area contributed by atoms with Crippen LogP contribution >= 0.6 is 23.2 Å². The predicted molar refractivity (Wildman–Crippen MR) is 143 cm³/mol. The Morgan fingerprint density at radius 2 is 1.78 bits per heavy atom. The van der Waals surface area contributed by atoms with Gasteiger partial charge in [0.1, 0.15) is 5.82 Å². The zero-order valence-corrected chi connectivity index (χ0v) is 22.6. The van der Waals surface area contributed by atoms with Gasteiger partial charge in [0.25, 0.3) is 10.0 Å². The second-order valence-electron chi connectivity index (χ2n) is 8.52. The molecule has 1 atom stereocenters. The monoisotopic (exact) mass is 582 g/mol. The molecule has 0 saturated carbocycles. The minimum absolute atomic E-state index is 0.00643. The molecule has 2 aromatic carbocycles. The number of benzene rings is 2. The number of nitrogens with zero attached hydrogens (tertiary/aromatic N) is 2. The van der Waals surface area contributed by atoms with Crippen molar-refractivity contribution in [3.05, 3.63) is 82.5 Å². The number of anilines is 2. The average molecular weight is 584 g/mol. The lowest BCUT2D eigenvalue weighted by atomic mass is 9.99. The van der Waals surface area contributed by atoms with Gasteiger partial charge < -0.3 is 5.32 Å². The van der Waals surface area contributed by atoms with Gasteiger partial charge >= 0.3 is 0 Å². The number of hydrogen-bond acceptors (Lipinski definition) is 6. The Labute approximate surface area is 225 Å². The van der Waals surface area contributed by atoms with Gasteiger partial charge in [-0.25, -0.2) is 26.1 Å². The molecule has 2 heterocycles. The number of hydrogen-bond donors (Lipinski definition) is 2. The summed E-state index contributed by atoms with van der Waals surface area (Å²) in [7, 11) is -7.56. The Morgan fingerprint density at radius 1 is 1.03 bits per heavy atom. The molecule has 1 aromatic heterocycles. The molecule has 4 rings (SSSR count). The topological polar surface area (TPSA) is 126 Å². The molecule has 2 N–H and O–H groups in total. The van der Waals surface area contributed by atoms with Crippen molar-refractivity contribution in [2.75, 3.05) is 23.1 Å². The second kappa shape index (κ2) is 11.4. The molecule has 13 heteroatoms. The Bertz CT molecular complexity index is 1490. The van der Waals surface area contributed by atoms with E-state index in [1.807, 2.05) is 0 Å². The first kappa shape index (κ1) is 27.3. The number of pyridine rings is 1. The van der Waals surface area contributed by atoms with Crippen LogP contribution in [0.15, 0.2) is 71.8 Å². The van der Waals surface area contributed by atoms with Crippen molar-refractivity contribution in [3.8, 4) is 0 Å². The quantitative estimate of drug-likeness (QED) is 0.406. The molecule has 1 fully saturated rings. The number of amides is 1. The van der Waals surface area contributed by atoms with E-state index in [1.165, 1.54) is 46.9 Å². The Kier molecular flexibility index (Phi) is 8.39. The normalized spacial score (nSPS) is 16.8. The van der Waals surface area contributed by atoms with Crippen molar-refractivity contribution >= 4 is 60.7 Å². The number of carbonyl (C=O) groups is 1. The minimum Gasteiger partial charge on any atom is -0.326 e. The zero-order chi connectivity index (χ0) is 26.6. The van der Waals surface area contributed by atoms with Crippen LogP contribution in [-0.2, 0) is 30.6 Å². The Hall–Kier alpha value is -2.70. The zero-order valence-electron chi connectivity index (χ0n) is 19.5. The summed E-state index contributed by atoms with van der Waals surface area (Å²) < 4.78 is 54.9. The van der Waals surface area contributed by atoms with Crippen molar-refractivity contribution in [2.24, 2.45) is 5.92 Å². The van der Waals surface area contributed by atoms with Crippen LogP contribution in [0.2, 0.25) is 10.0 Å². The molecule has 1 aliphatic heterocycles. The van der Waals surface area contributed by atoms with E-state index in [1.54, 1.807) is 24.3 Å². The van der Waals surface area contributed by atoms with Gasteiger partial charge in [-0.05, 0) is 66.9 Å². The summed E-state index contributed by atoms with van der Waals surface area (Å²) in [6.07, 6.45) is 2.53. The first-order valence-corrected chi connectivity index (χ1v) is 15.1. The van der Waals surface area contributed by atoms with Crippen LogP contribution in [0.25, 0.3) is 0 Å². The van der Waals surface area contributed by atoms with E-state index in [0.717, 1.165) is 0 Å². The van der Waals surface area contributed by atoms with Crippen LogP contribution in [0.5, 0.6) is 0 Å². The van der Waals surface area contributed by atoms with Gasteiger partial charge in [-0.1, -0.05) is 35.3 Å². The predicted octanol–water partition coefficient (Wildman–Crippen LogP) is 4.37. The van der Waals surface area contributed by atoms with Gasteiger partial charge in [0.15, 0.2) is 0 Å². The van der Waals surface area contributed by atoms with E-state index < -0.39 is 26.0 Å². The summed E-state index contributed by atoms with van der Waals surface area (Å²) in [6, 6.07) is 15.2. The largest absolute Gasteiger partial charge is 0.326 e. The molecule has 0 spiro atoms. The number of piperidine rings is 1. The molecule has 9 nitrogen and oxygen atoms in total. The first-order chi connectivity index (χ1) is 17.5. The SMILES string of the molecule is O=C(Nc1ccc(S(=O)(=O)Nc2ccccn2)cc1)[C@H]1CCCN(S(=O)(=O)Cc2ccc(Cl)cc2Cl)C1. The smallest absolute Gasteiger partial charge is 0.263 e. The molecule has 37 heavy (non-hydrogen) atoms. The number of sulfonamides is 2. The molecule has 1 saturated heterocycles. The maximum Gasteiger partial charge on any atom is 0.263 e. The molecular weight excluding hydrogens is 559 g/mol. The van der Waals surface area contributed by atoms with Crippen molar-refractivity contribution in [1.29, 1.82) is 0 Å². The average Bonchev–Trinajstić information content (AvgIpc) is 2.86. The molecule has 196 valence electrons. The van der Waals surface area contributed by atoms with Crippen LogP contribution < -0.4 is 10.0 Å². The van der Waals surface area contributed by atoms with Crippen LogP contribution in [-0.4, -0.2) is 45.1 Å². The van der Waals surface area contributed by atoms with Gasteiger partial charge in [-0.15, -0.1) is 0 Å². The molecular formula is C24H24Cl2N4O5S2. The highest BCUT2D eigenvalue weighted by atomic mass is 35.5. The highest BCUT2D eigenvalue weighted by molar-refractivity contribution is 7.92. The summed E-state index contributed by atoms with van der Waals surface area (Å²) in [5.41, 5.74) is 0.833. The third-order valence-electron chi connectivity index (χ3n) is 5.84. The van der Waals surface area contributed by atoms with Crippen molar-refractivity contribution in [1.82, 2.24) is 9.29 Å². The summed E-state index contributed by atoms with van der Waals surface area (Å²) in [6.45, 7) is 0.354. The van der Waals surface area contributed by atoms with Gasteiger partial charge in [-0.2, -0.15) is 0 Å². The second-order valence-corrected chi connectivity index (χ2v) is 13.0. The van der Waals surface area contributed by atoms with E-state index in [9.17, 15) is 21.6 Å². The number of carbonyl (C=O) groups excluding carboxylic acids is 1. The molecule has 0 unspecified atom stereocenters. The lowest BCUT2D eigenvalue weighted by Crippen LogP contribution is -2.44. The van der Waals surface area contributed by atoms with Gasteiger partial charge in [-0.3, -0.25) is 9.52 Å². The van der Waals surface area contributed by atoms with Crippen molar-refractivity contribution in [2.45, 2.75) is 23.5 Å². The number of rotatable bonds is 8. The minimum atomic E-state index is -3.85. The van der Waals surface area contributed by atoms with Crippen LogP contribution in [0.4, 0.5) is 11.5 Å². The van der Waals surface area contributed by atoms with E-state index >= 15 is 0 Å².